The second kappa shape index (κ2) is 6.94. The number of fused-ring (bicyclic) bond motifs is 1. The van der Waals surface area contributed by atoms with Crippen LogP contribution in [0.3, 0.4) is 0 Å². The molecule has 1 N–H and O–H groups in total. The molecule has 0 aliphatic carbocycles. The number of amides is 3. The third-order valence-electron chi connectivity index (χ3n) is 4.47. The molecule has 148 valence electrons. The highest BCUT2D eigenvalue weighted by Crippen LogP contribution is 2.46. The van der Waals surface area contributed by atoms with Crippen molar-refractivity contribution in [1.82, 2.24) is 14.9 Å². The Bertz CT molecular complexity index is 1010. The SMILES string of the molecule is [B]c1ccc2c(c1)C(C)(C(F)(F)F)C(=O)N(CC(=O)Nc1ncc(F)cn1)C2=O. The van der Waals surface area contributed by atoms with Crippen molar-refractivity contribution in [2.24, 2.45) is 0 Å². The van der Waals surface area contributed by atoms with Crippen molar-refractivity contribution in [2.45, 2.75) is 18.5 Å². The van der Waals surface area contributed by atoms with Gasteiger partial charge in [-0.05, 0) is 18.6 Å². The van der Waals surface area contributed by atoms with Gasteiger partial charge in [-0.2, -0.15) is 13.2 Å². The summed E-state index contributed by atoms with van der Waals surface area (Å²) in [6, 6.07) is 3.20. The van der Waals surface area contributed by atoms with E-state index in [2.05, 4.69) is 15.3 Å². The molecule has 7 nitrogen and oxygen atoms in total. The molecular weight excluding hydrogens is 395 g/mol. The van der Waals surface area contributed by atoms with E-state index >= 15 is 0 Å². The fourth-order valence-electron chi connectivity index (χ4n) is 2.89. The molecule has 0 saturated heterocycles. The maximum atomic E-state index is 13.9. The summed E-state index contributed by atoms with van der Waals surface area (Å²) in [5.41, 5.74) is -4.12. The van der Waals surface area contributed by atoms with Crippen LogP contribution >= 0.6 is 0 Å². The molecule has 12 heteroatoms. The van der Waals surface area contributed by atoms with E-state index < -0.39 is 52.8 Å². The average molecular weight is 406 g/mol. The molecule has 2 aromatic rings. The monoisotopic (exact) mass is 406 g/mol. The molecule has 1 aliphatic heterocycles. The van der Waals surface area contributed by atoms with E-state index in [9.17, 15) is 31.9 Å². The Morgan fingerprint density at radius 3 is 2.45 bits per heavy atom. The number of benzene rings is 1. The smallest absolute Gasteiger partial charge is 0.293 e. The van der Waals surface area contributed by atoms with Gasteiger partial charge in [0.25, 0.3) is 5.91 Å². The fourth-order valence-corrected chi connectivity index (χ4v) is 2.89. The van der Waals surface area contributed by atoms with Gasteiger partial charge < -0.3 is 0 Å². The number of aromatic nitrogens is 2. The molecule has 3 amide bonds. The summed E-state index contributed by atoms with van der Waals surface area (Å²) in [4.78, 5) is 44.6. The van der Waals surface area contributed by atoms with Crippen LogP contribution in [-0.4, -0.2) is 53.2 Å². The van der Waals surface area contributed by atoms with Gasteiger partial charge in [-0.3, -0.25) is 24.6 Å². The molecule has 0 spiro atoms. The lowest BCUT2D eigenvalue weighted by atomic mass is 9.73. The lowest BCUT2D eigenvalue weighted by molar-refractivity contribution is -0.197. The van der Waals surface area contributed by atoms with Crippen molar-refractivity contribution in [3.8, 4) is 0 Å². The van der Waals surface area contributed by atoms with E-state index in [4.69, 9.17) is 7.85 Å². The van der Waals surface area contributed by atoms with E-state index in [0.29, 0.717) is 6.92 Å². The van der Waals surface area contributed by atoms with Gasteiger partial charge >= 0.3 is 6.18 Å². The highest BCUT2D eigenvalue weighted by atomic mass is 19.4. The van der Waals surface area contributed by atoms with Crippen LogP contribution in [0.4, 0.5) is 23.5 Å². The number of anilines is 1. The number of rotatable bonds is 3. The van der Waals surface area contributed by atoms with Crippen molar-refractivity contribution in [1.29, 1.82) is 0 Å². The molecule has 1 aromatic carbocycles. The minimum absolute atomic E-state index is 0.0560. The molecule has 29 heavy (non-hydrogen) atoms. The van der Waals surface area contributed by atoms with Gasteiger partial charge in [0.15, 0.2) is 11.2 Å². The Kier molecular flexibility index (Phi) is 4.89. The first kappa shape index (κ1) is 20.4. The summed E-state index contributed by atoms with van der Waals surface area (Å²) < 4.78 is 54.4. The van der Waals surface area contributed by atoms with Crippen molar-refractivity contribution < 1.29 is 31.9 Å². The summed E-state index contributed by atoms with van der Waals surface area (Å²) >= 11 is 0. The number of hydrogen-bond donors (Lipinski definition) is 1. The van der Waals surface area contributed by atoms with Gasteiger partial charge in [-0.15, -0.1) is 0 Å². The maximum absolute atomic E-state index is 13.9. The number of hydrogen-bond acceptors (Lipinski definition) is 5. The first-order valence-corrected chi connectivity index (χ1v) is 8.05. The number of nitrogens with zero attached hydrogens (tertiary/aromatic N) is 3. The predicted molar refractivity (Wildman–Crippen MR) is 91.9 cm³/mol. The van der Waals surface area contributed by atoms with E-state index in [1.54, 1.807) is 0 Å². The summed E-state index contributed by atoms with van der Waals surface area (Å²) in [5.74, 6) is -4.87. The standard InChI is InChI=1S/C17H11BF4N4O3/c1-16(17(20,21)22)11-4-8(18)2-3-10(11)13(28)26(14(16)29)7-12(27)25-15-23-5-9(19)6-24-15/h2-6H,7H2,1H3,(H,23,24,25,27). The highest BCUT2D eigenvalue weighted by Gasteiger charge is 2.63. The number of carbonyl (C=O) groups is 3. The van der Waals surface area contributed by atoms with Crippen LogP contribution in [0.15, 0.2) is 30.6 Å². The van der Waals surface area contributed by atoms with Crippen molar-refractivity contribution in [3.05, 3.63) is 47.5 Å². The normalized spacial score (nSPS) is 19.1. The lowest BCUT2D eigenvalue weighted by Gasteiger charge is -2.40. The molecule has 1 aliphatic rings. The Hall–Kier alpha value is -3.31. The second-order valence-corrected chi connectivity index (χ2v) is 6.40. The molecule has 1 aromatic heterocycles. The van der Waals surface area contributed by atoms with Gasteiger partial charge in [-0.25, -0.2) is 14.4 Å². The zero-order valence-corrected chi connectivity index (χ0v) is 14.7. The van der Waals surface area contributed by atoms with Crippen LogP contribution < -0.4 is 10.8 Å². The van der Waals surface area contributed by atoms with Crippen LogP contribution in [0.25, 0.3) is 0 Å². The molecule has 3 rings (SSSR count). The van der Waals surface area contributed by atoms with Crippen molar-refractivity contribution in [2.75, 3.05) is 11.9 Å². The number of carbonyl (C=O) groups excluding carboxylic acids is 3. The topological polar surface area (TPSA) is 92.3 Å². The Labute approximate surface area is 162 Å². The third-order valence-corrected chi connectivity index (χ3v) is 4.47. The quantitative estimate of drug-likeness (QED) is 0.464. The summed E-state index contributed by atoms with van der Waals surface area (Å²) in [7, 11) is 5.54. The average Bonchev–Trinajstić information content (AvgIpc) is 2.64. The first-order chi connectivity index (χ1) is 13.4. The fraction of sp³-hybridized carbons (Fsp3) is 0.235. The number of alkyl halides is 3. The Morgan fingerprint density at radius 2 is 1.86 bits per heavy atom. The Balaban J connectivity index is 1.96. The van der Waals surface area contributed by atoms with E-state index in [1.165, 1.54) is 6.07 Å². The summed E-state index contributed by atoms with van der Waals surface area (Å²) in [6.07, 6.45) is -3.56. The highest BCUT2D eigenvalue weighted by molar-refractivity contribution is 6.32. The maximum Gasteiger partial charge on any atom is 0.406 e. The van der Waals surface area contributed by atoms with E-state index in [-0.39, 0.29) is 16.3 Å². The predicted octanol–water partition coefficient (Wildman–Crippen LogP) is 0.851. The zero-order chi connectivity index (χ0) is 21.6. The molecule has 0 bridgehead atoms. The largest absolute Gasteiger partial charge is 0.406 e. The molecule has 0 saturated carbocycles. The van der Waals surface area contributed by atoms with Crippen LogP contribution in [0.2, 0.25) is 0 Å². The zero-order valence-electron chi connectivity index (χ0n) is 14.7. The second-order valence-electron chi connectivity index (χ2n) is 6.40. The Morgan fingerprint density at radius 1 is 1.24 bits per heavy atom. The van der Waals surface area contributed by atoms with E-state index in [0.717, 1.165) is 24.5 Å². The third kappa shape index (κ3) is 3.45. The van der Waals surface area contributed by atoms with Gasteiger partial charge in [0.1, 0.15) is 14.4 Å². The molecule has 1 unspecified atom stereocenters. The summed E-state index contributed by atoms with van der Waals surface area (Å²) in [6.45, 7) is -0.401. The van der Waals surface area contributed by atoms with Crippen LogP contribution in [-0.2, 0) is 15.0 Å². The summed E-state index contributed by atoms with van der Waals surface area (Å²) in [5, 5.41) is 2.08. The van der Waals surface area contributed by atoms with E-state index in [1.807, 2.05) is 0 Å². The number of halogens is 4. The van der Waals surface area contributed by atoms with Crippen LogP contribution in [0.5, 0.6) is 0 Å². The first-order valence-electron chi connectivity index (χ1n) is 8.05. The van der Waals surface area contributed by atoms with Crippen LogP contribution in [0.1, 0.15) is 22.8 Å². The van der Waals surface area contributed by atoms with Crippen molar-refractivity contribution in [3.63, 3.8) is 0 Å². The van der Waals surface area contributed by atoms with Crippen LogP contribution in [0, 0.1) is 5.82 Å². The molecule has 2 heterocycles. The molecule has 2 radical (unpaired) electrons. The molecule has 0 fully saturated rings. The number of nitrogens with one attached hydrogen (secondary N) is 1. The van der Waals surface area contributed by atoms with Gasteiger partial charge in [0, 0.05) is 5.56 Å². The van der Waals surface area contributed by atoms with Crippen molar-refractivity contribution >= 4 is 37.0 Å². The minimum Gasteiger partial charge on any atom is -0.293 e. The minimum atomic E-state index is -5.07. The van der Waals surface area contributed by atoms with Gasteiger partial charge in [0.05, 0.1) is 12.4 Å². The number of imide groups is 1. The van der Waals surface area contributed by atoms with Gasteiger partial charge in [0.2, 0.25) is 17.8 Å². The van der Waals surface area contributed by atoms with Gasteiger partial charge in [-0.1, -0.05) is 17.6 Å². The lowest BCUT2D eigenvalue weighted by Crippen LogP contribution is -2.60. The molecular formula is C17H11BF4N4O3. The molecule has 1 atom stereocenters.